The Labute approximate surface area is 155 Å². The monoisotopic (exact) mass is 377 g/mol. The molecule has 1 aromatic heterocycles. The molecule has 26 heavy (non-hydrogen) atoms. The zero-order valence-electron chi connectivity index (χ0n) is 14.3. The lowest BCUT2D eigenvalue weighted by molar-refractivity contribution is 0.172. The average Bonchev–Trinajstić information content (AvgIpc) is 2.61. The maximum absolute atomic E-state index is 13.3. The molecule has 0 bridgehead atoms. The number of nitrogens with one attached hydrogen (secondary N) is 1. The fraction of sp³-hybridized carbons (Fsp3) is 0.333. The van der Waals surface area contributed by atoms with Gasteiger partial charge in [-0.1, -0.05) is 6.07 Å². The number of benzene rings is 1. The highest BCUT2D eigenvalue weighted by Gasteiger charge is 2.19. The van der Waals surface area contributed by atoms with Crippen molar-refractivity contribution >= 4 is 17.7 Å². The number of guanidine groups is 1. The predicted octanol–water partition coefficient (Wildman–Crippen LogP) is 2.66. The first-order chi connectivity index (χ1) is 12.5. The maximum atomic E-state index is 13.3. The summed E-state index contributed by atoms with van der Waals surface area (Å²) >= 11 is 1.48. The largest absolute Gasteiger partial charge is 0.370 e. The molecule has 0 atom stereocenters. The van der Waals surface area contributed by atoms with E-state index in [1.165, 1.54) is 23.9 Å². The van der Waals surface area contributed by atoms with Gasteiger partial charge in [-0.3, -0.25) is 10.3 Å². The minimum Gasteiger partial charge on any atom is -0.370 e. The summed E-state index contributed by atoms with van der Waals surface area (Å²) in [5, 5.41) is 8.36. The number of nitrogens with zero attached hydrogens (tertiary/aromatic N) is 3. The summed E-state index contributed by atoms with van der Waals surface area (Å²) in [5.41, 5.74) is 7.21. The molecule has 1 aromatic carbocycles. The number of rotatable bonds is 5. The number of pyridine rings is 1. The minimum absolute atomic E-state index is 0.115. The molecule has 0 unspecified atom stereocenters. The van der Waals surface area contributed by atoms with Crippen LogP contribution in [0.4, 0.5) is 8.78 Å². The SMILES string of the molecule is N=C(N)N1CCN(Cc2cccnc2SCc2cc(F)cc(F)c2)CC1. The van der Waals surface area contributed by atoms with E-state index < -0.39 is 11.6 Å². The van der Waals surface area contributed by atoms with Crippen LogP contribution in [0.3, 0.4) is 0 Å². The Morgan fingerprint density at radius 3 is 2.50 bits per heavy atom. The Balaban J connectivity index is 1.62. The zero-order chi connectivity index (χ0) is 18.5. The third kappa shape index (κ3) is 4.92. The summed E-state index contributed by atoms with van der Waals surface area (Å²) in [4.78, 5) is 8.58. The number of piperazine rings is 1. The third-order valence-electron chi connectivity index (χ3n) is 4.25. The van der Waals surface area contributed by atoms with Gasteiger partial charge in [-0.15, -0.1) is 11.8 Å². The lowest BCUT2D eigenvalue weighted by atomic mass is 10.2. The van der Waals surface area contributed by atoms with E-state index in [2.05, 4.69) is 9.88 Å². The van der Waals surface area contributed by atoms with E-state index in [0.29, 0.717) is 11.3 Å². The molecular formula is C18H21F2N5S. The molecule has 1 fully saturated rings. The molecular weight excluding hydrogens is 356 g/mol. The van der Waals surface area contributed by atoms with Crippen molar-refractivity contribution in [2.45, 2.75) is 17.3 Å². The van der Waals surface area contributed by atoms with Crippen LogP contribution in [0.2, 0.25) is 0 Å². The number of thioether (sulfide) groups is 1. The summed E-state index contributed by atoms with van der Waals surface area (Å²) in [6, 6.07) is 7.49. The minimum atomic E-state index is -0.565. The van der Waals surface area contributed by atoms with E-state index in [-0.39, 0.29) is 5.96 Å². The van der Waals surface area contributed by atoms with Gasteiger partial charge in [0.05, 0.1) is 0 Å². The number of hydrogen-bond donors (Lipinski definition) is 2. The molecule has 0 saturated carbocycles. The van der Waals surface area contributed by atoms with Gasteiger partial charge in [0.15, 0.2) is 5.96 Å². The van der Waals surface area contributed by atoms with Gasteiger partial charge in [-0.05, 0) is 29.3 Å². The normalized spacial score (nSPS) is 15.2. The van der Waals surface area contributed by atoms with E-state index in [9.17, 15) is 8.78 Å². The van der Waals surface area contributed by atoms with Crippen LogP contribution in [0.1, 0.15) is 11.1 Å². The van der Waals surface area contributed by atoms with Crippen LogP contribution in [-0.4, -0.2) is 46.9 Å². The number of nitrogens with two attached hydrogens (primary N) is 1. The number of halogens is 2. The smallest absolute Gasteiger partial charge is 0.188 e. The van der Waals surface area contributed by atoms with E-state index >= 15 is 0 Å². The highest BCUT2D eigenvalue weighted by molar-refractivity contribution is 7.98. The summed E-state index contributed by atoms with van der Waals surface area (Å²) in [6.07, 6.45) is 1.73. The highest BCUT2D eigenvalue weighted by atomic mass is 32.2. The molecule has 1 aliphatic rings. The second-order valence-corrected chi connectivity index (χ2v) is 7.15. The van der Waals surface area contributed by atoms with Crippen LogP contribution in [0, 0.1) is 17.0 Å². The third-order valence-corrected chi connectivity index (χ3v) is 5.37. The molecule has 0 amide bonds. The molecule has 1 saturated heterocycles. The lowest BCUT2D eigenvalue weighted by Gasteiger charge is -2.35. The van der Waals surface area contributed by atoms with Crippen LogP contribution in [-0.2, 0) is 12.3 Å². The van der Waals surface area contributed by atoms with Crippen molar-refractivity contribution in [2.24, 2.45) is 5.73 Å². The van der Waals surface area contributed by atoms with Crippen molar-refractivity contribution in [1.29, 1.82) is 5.41 Å². The average molecular weight is 377 g/mol. The van der Waals surface area contributed by atoms with Crippen molar-refractivity contribution in [1.82, 2.24) is 14.8 Å². The second-order valence-electron chi connectivity index (χ2n) is 6.18. The molecule has 2 heterocycles. The van der Waals surface area contributed by atoms with Gasteiger partial charge in [0, 0.05) is 50.7 Å². The van der Waals surface area contributed by atoms with Gasteiger partial charge in [-0.25, -0.2) is 13.8 Å². The number of aromatic nitrogens is 1. The van der Waals surface area contributed by atoms with Crippen LogP contribution in [0.15, 0.2) is 41.6 Å². The molecule has 5 nitrogen and oxygen atoms in total. The van der Waals surface area contributed by atoms with Crippen LogP contribution >= 0.6 is 11.8 Å². The van der Waals surface area contributed by atoms with Gasteiger partial charge in [0.2, 0.25) is 0 Å². The van der Waals surface area contributed by atoms with Gasteiger partial charge >= 0.3 is 0 Å². The molecule has 8 heteroatoms. The van der Waals surface area contributed by atoms with E-state index in [1.807, 2.05) is 17.0 Å². The Hall–Kier alpha value is -2.19. The molecule has 0 spiro atoms. The standard InChI is InChI=1S/C18H21F2N5S/c19-15-8-13(9-16(20)10-15)12-26-17-14(2-1-3-23-17)11-24-4-6-25(7-5-24)18(21)22/h1-3,8-10H,4-7,11-12H2,(H3,21,22). The molecule has 0 aliphatic carbocycles. The second kappa shape index (κ2) is 8.46. The maximum Gasteiger partial charge on any atom is 0.188 e. The number of hydrogen-bond acceptors (Lipinski definition) is 4. The summed E-state index contributed by atoms with van der Waals surface area (Å²) < 4.78 is 26.7. The van der Waals surface area contributed by atoms with Crippen molar-refractivity contribution < 1.29 is 8.78 Å². The van der Waals surface area contributed by atoms with Crippen molar-refractivity contribution in [3.8, 4) is 0 Å². The fourth-order valence-corrected chi connectivity index (χ4v) is 3.83. The van der Waals surface area contributed by atoms with Crippen LogP contribution in [0.25, 0.3) is 0 Å². The van der Waals surface area contributed by atoms with Crippen LogP contribution in [0.5, 0.6) is 0 Å². The van der Waals surface area contributed by atoms with E-state index in [1.54, 1.807) is 6.20 Å². The Kier molecular flexibility index (Phi) is 6.05. The summed E-state index contributed by atoms with van der Waals surface area (Å²) in [5.74, 6) is -0.559. The predicted molar refractivity (Wildman–Crippen MR) is 98.9 cm³/mol. The summed E-state index contributed by atoms with van der Waals surface area (Å²) in [7, 11) is 0. The first-order valence-corrected chi connectivity index (χ1v) is 9.33. The lowest BCUT2D eigenvalue weighted by Crippen LogP contribution is -2.50. The molecule has 138 valence electrons. The topological polar surface area (TPSA) is 69.2 Å². The zero-order valence-corrected chi connectivity index (χ0v) is 15.1. The first-order valence-electron chi connectivity index (χ1n) is 8.34. The van der Waals surface area contributed by atoms with Gasteiger partial charge in [0.1, 0.15) is 16.7 Å². The molecule has 1 aliphatic heterocycles. The Bertz CT molecular complexity index is 758. The molecule has 0 radical (unpaired) electrons. The molecule has 3 N–H and O–H groups in total. The van der Waals surface area contributed by atoms with E-state index in [4.69, 9.17) is 11.1 Å². The molecule has 3 rings (SSSR count). The first kappa shape index (κ1) is 18.6. The van der Waals surface area contributed by atoms with Gasteiger partial charge in [0.25, 0.3) is 0 Å². The Morgan fingerprint density at radius 1 is 1.15 bits per heavy atom. The summed E-state index contributed by atoms with van der Waals surface area (Å²) in [6.45, 7) is 3.88. The van der Waals surface area contributed by atoms with E-state index in [0.717, 1.165) is 49.4 Å². The van der Waals surface area contributed by atoms with Crippen molar-refractivity contribution in [3.05, 3.63) is 59.3 Å². The van der Waals surface area contributed by atoms with Crippen molar-refractivity contribution in [2.75, 3.05) is 26.2 Å². The fourth-order valence-electron chi connectivity index (χ4n) is 2.91. The Morgan fingerprint density at radius 2 is 1.85 bits per heavy atom. The van der Waals surface area contributed by atoms with Gasteiger partial charge < -0.3 is 10.6 Å². The highest BCUT2D eigenvalue weighted by Crippen LogP contribution is 2.26. The van der Waals surface area contributed by atoms with Crippen molar-refractivity contribution in [3.63, 3.8) is 0 Å². The quantitative estimate of drug-likeness (QED) is 0.476. The van der Waals surface area contributed by atoms with Crippen LogP contribution < -0.4 is 5.73 Å². The molecule has 2 aromatic rings. The van der Waals surface area contributed by atoms with Gasteiger partial charge in [-0.2, -0.15) is 0 Å².